The molecule has 0 aliphatic carbocycles. The van der Waals surface area contributed by atoms with Crippen LogP contribution in [0.5, 0.6) is 5.75 Å². The van der Waals surface area contributed by atoms with Crippen LogP contribution in [0.2, 0.25) is 0 Å². The van der Waals surface area contributed by atoms with E-state index in [2.05, 4.69) is 10.3 Å². The smallest absolute Gasteiger partial charge is 0.243 e. The number of amides is 1. The Balaban J connectivity index is 1.50. The van der Waals surface area contributed by atoms with Crippen LogP contribution < -0.4 is 10.1 Å². The van der Waals surface area contributed by atoms with Crippen LogP contribution in [0.15, 0.2) is 59.6 Å². The molecular weight excluding hydrogens is 414 g/mol. The van der Waals surface area contributed by atoms with Crippen molar-refractivity contribution in [3.05, 3.63) is 60.3 Å². The van der Waals surface area contributed by atoms with Crippen molar-refractivity contribution >= 4 is 32.5 Å². The maximum absolute atomic E-state index is 13.4. The molecule has 0 radical (unpaired) electrons. The highest BCUT2D eigenvalue weighted by Gasteiger charge is 2.33. The highest BCUT2D eigenvalue weighted by atomic mass is 32.2. The Hall–Kier alpha value is -2.97. The summed E-state index contributed by atoms with van der Waals surface area (Å²) in [6.07, 6.45) is 2.58. The van der Waals surface area contributed by atoms with Crippen LogP contribution in [0.3, 0.4) is 0 Å². The second kappa shape index (κ2) is 8.64. The number of carbonyl (C=O) groups is 1. The average Bonchev–Trinajstić information content (AvgIpc) is 2.78. The van der Waals surface area contributed by atoms with Crippen LogP contribution in [0, 0.1) is 12.8 Å². The van der Waals surface area contributed by atoms with Gasteiger partial charge in [0.1, 0.15) is 11.6 Å². The molecule has 1 fully saturated rings. The predicted molar refractivity (Wildman–Crippen MR) is 120 cm³/mol. The Kier molecular flexibility index (Phi) is 5.93. The van der Waals surface area contributed by atoms with Crippen molar-refractivity contribution in [3.63, 3.8) is 0 Å². The van der Waals surface area contributed by atoms with Crippen molar-refractivity contribution in [3.8, 4) is 5.75 Å². The first kappa shape index (κ1) is 21.3. The van der Waals surface area contributed by atoms with Crippen LogP contribution in [0.1, 0.15) is 18.4 Å². The van der Waals surface area contributed by atoms with Gasteiger partial charge in [0.05, 0.1) is 12.0 Å². The van der Waals surface area contributed by atoms with Gasteiger partial charge in [-0.15, -0.1) is 0 Å². The summed E-state index contributed by atoms with van der Waals surface area (Å²) in [4.78, 5) is 17.0. The molecule has 1 N–H and O–H groups in total. The number of sulfonamides is 1. The zero-order chi connectivity index (χ0) is 22.0. The maximum atomic E-state index is 13.4. The number of nitrogens with one attached hydrogen (secondary N) is 1. The number of hydrogen-bond acceptors (Lipinski definition) is 5. The van der Waals surface area contributed by atoms with Gasteiger partial charge in [-0.05, 0) is 49.6 Å². The number of methoxy groups -OCH3 is 1. The number of pyridine rings is 1. The van der Waals surface area contributed by atoms with E-state index in [9.17, 15) is 13.2 Å². The molecule has 1 aliphatic heterocycles. The molecule has 0 bridgehead atoms. The molecule has 1 aromatic heterocycles. The maximum Gasteiger partial charge on any atom is 0.243 e. The Bertz CT molecular complexity index is 1220. The van der Waals surface area contributed by atoms with Gasteiger partial charge in [0.25, 0.3) is 0 Å². The Morgan fingerprint density at radius 3 is 2.48 bits per heavy atom. The number of carbonyl (C=O) groups excluding carboxylic acids is 1. The van der Waals surface area contributed by atoms with Crippen molar-refractivity contribution in [2.24, 2.45) is 5.92 Å². The molecule has 3 aromatic rings. The van der Waals surface area contributed by atoms with Crippen molar-refractivity contribution in [1.82, 2.24) is 9.29 Å². The summed E-state index contributed by atoms with van der Waals surface area (Å²) in [6.45, 7) is 2.52. The van der Waals surface area contributed by atoms with Gasteiger partial charge in [-0.3, -0.25) is 4.79 Å². The summed E-state index contributed by atoms with van der Waals surface area (Å²) in [5, 5.41) is 4.23. The van der Waals surface area contributed by atoms with Crippen LogP contribution in [-0.2, 0) is 14.8 Å². The first-order valence-corrected chi connectivity index (χ1v) is 11.6. The molecule has 0 saturated carbocycles. The molecule has 0 unspecified atom stereocenters. The quantitative estimate of drug-likeness (QED) is 0.656. The van der Waals surface area contributed by atoms with Crippen LogP contribution in [0.4, 0.5) is 5.82 Å². The molecule has 4 rings (SSSR count). The summed E-state index contributed by atoms with van der Waals surface area (Å²) in [5.41, 5.74) is 1.01. The number of anilines is 1. The van der Waals surface area contributed by atoms with Gasteiger partial charge in [-0.2, -0.15) is 4.31 Å². The Morgan fingerprint density at radius 2 is 1.81 bits per heavy atom. The predicted octanol–water partition coefficient (Wildman–Crippen LogP) is 3.59. The van der Waals surface area contributed by atoms with Crippen molar-refractivity contribution in [2.75, 3.05) is 25.5 Å². The van der Waals surface area contributed by atoms with E-state index >= 15 is 0 Å². The standard InChI is InChI=1S/C23H25N3O4S/c1-16-9-12-24-22(15-16)25-23(27)17-10-13-26(14-11-17)31(28,29)21-8-7-20(30-2)18-5-3-4-6-19(18)21/h3-9,12,15,17H,10-11,13-14H2,1-2H3,(H,24,25,27). The van der Waals surface area contributed by atoms with Gasteiger partial charge in [0, 0.05) is 36.0 Å². The highest BCUT2D eigenvalue weighted by molar-refractivity contribution is 7.89. The number of hydrogen-bond donors (Lipinski definition) is 1. The molecule has 7 nitrogen and oxygen atoms in total. The number of benzene rings is 2. The van der Waals surface area contributed by atoms with Crippen LogP contribution in [0.25, 0.3) is 10.8 Å². The first-order valence-electron chi connectivity index (χ1n) is 10.2. The lowest BCUT2D eigenvalue weighted by atomic mass is 9.97. The molecule has 2 heterocycles. The van der Waals surface area contributed by atoms with Gasteiger partial charge in [0.2, 0.25) is 15.9 Å². The van der Waals surface area contributed by atoms with Crippen molar-refractivity contribution in [1.29, 1.82) is 0 Å². The number of rotatable bonds is 5. The molecule has 1 saturated heterocycles. The fourth-order valence-electron chi connectivity index (χ4n) is 3.98. The van der Waals surface area contributed by atoms with E-state index < -0.39 is 10.0 Å². The summed E-state index contributed by atoms with van der Waals surface area (Å²) in [5.74, 6) is 0.783. The molecule has 1 aliphatic rings. The number of fused-ring (bicyclic) bond motifs is 1. The van der Waals surface area contributed by atoms with Crippen molar-refractivity contribution < 1.29 is 17.9 Å². The normalized spacial score (nSPS) is 15.7. The largest absolute Gasteiger partial charge is 0.496 e. The lowest BCUT2D eigenvalue weighted by Crippen LogP contribution is -2.41. The third-order valence-electron chi connectivity index (χ3n) is 5.67. The van der Waals surface area contributed by atoms with E-state index in [-0.39, 0.29) is 16.7 Å². The van der Waals surface area contributed by atoms with E-state index in [1.165, 1.54) is 4.31 Å². The zero-order valence-corrected chi connectivity index (χ0v) is 18.4. The lowest BCUT2D eigenvalue weighted by molar-refractivity contribution is -0.120. The van der Waals surface area contributed by atoms with Crippen molar-refractivity contribution in [2.45, 2.75) is 24.7 Å². The number of aryl methyl sites for hydroxylation is 1. The second-order valence-electron chi connectivity index (χ2n) is 7.70. The van der Waals surface area contributed by atoms with Gasteiger partial charge < -0.3 is 10.1 Å². The Labute approximate surface area is 182 Å². The lowest BCUT2D eigenvalue weighted by Gasteiger charge is -2.30. The molecule has 0 atom stereocenters. The molecular formula is C23H25N3O4S. The fraction of sp³-hybridized carbons (Fsp3) is 0.304. The number of ether oxygens (including phenoxy) is 1. The van der Waals surface area contributed by atoms with Crippen LogP contribution >= 0.6 is 0 Å². The van der Waals surface area contributed by atoms with Gasteiger partial charge in [0.15, 0.2) is 0 Å². The van der Waals surface area contributed by atoms with E-state index in [1.54, 1.807) is 31.5 Å². The first-order chi connectivity index (χ1) is 14.9. The SMILES string of the molecule is COc1ccc(S(=O)(=O)N2CCC(C(=O)Nc3cc(C)ccn3)CC2)c2ccccc12. The summed E-state index contributed by atoms with van der Waals surface area (Å²) in [7, 11) is -2.13. The average molecular weight is 440 g/mol. The monoisotopic (exact) mass is 439 g/mol. The van der Waals surface area contributed by atoms with Gasteiger partial charge in [-0.25, -0.2) is 13.4 Å². The van der Waals surface area contributed by atoms with E-state index in [0.717, 1.165) is 10.9 Å². The number of piperidine rings is 1. The molecule has 8 heteroatoms. The van der Waals surface area contributed by atoms with Crippen LogP contribution in [-0.4, -0.2) is 43.8 Å². The molecule has 31 heavy (non-hydrogen) atoms. The second-order valence-corrected chi connectivity index (χ2v) is 9.60. The summed E-state index contributed by atoms with van der Waals surface area (Å²) >= 11 is 0. The fourth-order valence-corrected chi connectivity index (χ4v) is 5.64. The minimum atomic E-state index is -3.69. The van der Waals surface area contributed by atoms with Gasteiger partial charge in [-0.1, -0.05) is 24.3 Å². The minimum absolute atomic E-state index is 0.120. The third-order valence-corrected chi connectivity index (χ3v) is 7.63. The van der Waals surface area contributed by atoms with E-state index in [4.69, 9.17) is 4.74 Å². The van der Waals surface area contributed by atoms with E-state index in [1.807, 2.05) is 37.3 Å². The highest BCUT2D eigenvalue weighted by Crippen LogP contribution is 2.33. The molecule has 2 aromatic carbocycles. The topological polar surface area (TPSA) is 88.6 Å². The minimum Gasteiger partial charge on any atom is -0.496 e. The molecule has 1 amide bonds. The summed E-state index contributed by atoms with van der Waals surface area (Å²) < 4.78 is 33.6. The zero-order valence-electron chi connectivity index (χ0n) is 17.5. The molecule has 162 valence electrons. The number of nitrogens with zero attached hydrogens (tertiary/aromatic N) is 2. The third kappa shape index (κ3) is 4.26. The van der Waals surface area contributed by atoms with Gasteiger partial charge >= 0.3 is 0 Å². The molecule has 0 spiro atoms. The summed E-state index contributed by atoms with van der Waals surface area (Å²) in [6, 6.07) is 14.3. The number of aromatic nitrogens is 1. The Morgan fingerprint density at radius 1 is 1.10 bits per heavy atom. The van der Waals surface area contributed by atoms with E-state index in [0.29, 0.717) is 42.9 Å².